The van der Waals surface area contributed by atoms with Crippen molar-refractivity contribution in [1.82, 2.24) is 0 Å². The maximum Gasteiger partial charge on any atom is 0.160 e. The fourth-order valence-corrected chi connectivity index (χ4v) is 2.91. The molecular weight excluding hydrogens is 310 g/mol. The molecule has 0 radical (unpaired) electrons. The van der Waals surface area contributed by atoms with Crippen LogP contribution in [0.1, 0.15) is 17.3 Å². The highest BCUT2D eigenvalue weighted by Crippen LogP contribution is 2.36. The van der Waals surface area contributed by atoms with Gasteiger partial charge in [-0.2, -0.15) is 0 Å². The summed E-state index contributed by atoms with van der Waals surface area (Å²) in [7, 11) is 3.84. The quantitative estimate of drug-likeness (QED) is 0.684. The third-order valence-corrected chi connectivity index (χ3v) is 4.29. The molecule has 0 aliphatic heterocycles. The first kappa shape index (κ1) is 16.8. The van der Waals surface area contributed by atoms with Crippen molar-refractivity contribution >= 4 is 11.5 Å². The molecule has 3 rings (SSSR count). The predicted molar refractivity (Wildman–Crippen MR) is 103 cm³/mol. The molecule has 3 heteroatoms. The van der Waals surface area contributed by atoms with E-state index in [1.807, 2.05) is 79.7 Å². The second kappa shape index (κ2) is 6.81. The van der Waals surface area contributed by atoms with Crippen LogP contribution in [0.3, 0.4) is 0 Å². The largest absolute Gasteiger partial charge is 0.507 e. The number of benzene rings is 3. The van der Waals surface area contributed by atoms with Gasteiger partial charge >= 0.3 is 0 Å². The first-order valence-corrected chi connectivity index (χ1v) is 8.18. The Kier molecular flexibility index (Phi) is 4.57. The molecule has 0 atom stereocenters. The van der Waals surface area contributed by atoms with Crippen LogP contribution in [0.4, 0.5) is 5.69 Å². The lowest BCUT2D eigenvalue weighted by Gasteiger charge is -2.16. The number of anilines is 1. The Bertz CT molecular complexity index is 915. The minimum absolute atomic E-state index is 0.0225. The fraction of sp³-hybridized carbons (Fsp3) is 0.136. The lowest BCUT2D eigenvalue weighted by molar-refractivity contribution is 0.101. The number of hydrogen-bond acceptors (Lipinski definition) is 3. The zero-order valence-corrected chi connectivity index (χ0v) is 14.7. The van der Waals surface area contributed by atoms with Crippen LogP contribution in [0.2, 0.25) is 0 Å². The van der Waals surface area contributed by atoms with Crippen LogP contribution < -0.4 is 4.90 Å². The molecule has 3 aromatic rings. The number of carbonyl (C=O) groups excluding carboxylic acids is 1. The predicted octanol–water partition coefficient (Wildman–Crippen LogP) is 4.99. The summed E-state index contributed by atoms with van der Waals surface area (Å²) in [4.78, 5) is 14.0. The molecular formula is C22H21NO2. The first-order chi connectivity index (χ1) is 12.0. The molecule has 0 aromatic heterocycles. The number of rotatable bonds is 4. The van der Waals surface area contributed by atoms with E-state index in [1.54, 1.807) is 13.0 Å². The minimum Gasteiger partial charge on any atom is -0.507 e. The standard InChI is InChI=1S/C22H21NO2/c1-15(24)19-11-9-17(16-7-5-4-6-8-16)13-21(19)20-12-10-18(23(2)3)14-22(20)25/h4-14,25H,1-3H3. The number of Topliss-reactive ketones (excluding diaryl/α,β-unsaturated/α-hetero) is 1. The van der Waals surface area contributed by atoms with Crippen molar-refractivity contribution in [1.29, 1.82) is 0 Å². The summed E-state index contributed by atoms with van der Waals surface area (Å²) in [6, 6.07) is 21.3. The highest BCUT2D eigenvalue weighted by Gasteiger charge is 2.15. The van der Waals surface area contributed by atoms with E-state index in [9.17, 15) is 9.90 Å². The molecule has 0 bridgehead atoms. The average Bonchev–Trinajstić information content (AvgIpc) is 2.61. The highest BCUT2D eigenvalue weighted by atomic mass is 16.3. The zero-order valence-electron chi connectivity index (χ0n) is 14.7. The van der Waals surface area contributed by atoms with E-state index in [-0.39, 0.29) is 11.5 Å². The van der Waals surface area contributed by atoms with Crippen molar-refractivity contribution in [2.75, 3.05) is 19.0 Å². The third kappa shape index (κ3) is 3.41. The van der Waals surface area contributed by atoms with Crippen LogP contribution in [0.5, 0.6) is 5.75 Å². The minimum atomic E-state index is -0.0225. The molecule has 25 heavy (non-hydrogen) atoms. The van der Waals surface area contributed by atoms with Gasteiger partial charge in [-0.15, -0.1) is 0 Å². The van der Waals surface area contributed by atoms with Crippen LogP contribution in [-0.4, -0.2) is 25.0 Å². The van der Waals surface area contributed by atoms with Gasteiger partial charge in [-0.1, -0.05) is 42.5 Å². The molecule has 0 aliphatic rings. The first-order valence-electron chi connectivity index (χ1n) is 8.18. The summed E-state index contributed by atoms with van der Waals surface area (Å²) < 4.78 is 0. The Balaban J connectivity index is 2.18. The van der Waals surface area contributed by atoms with Gasteiger partial charge in [-0.25, -0.2) is 0 Å². The van der Waals surface area contributed by atoms with Crippen molar-refractivity contribution in [3.05, 3.63) is 72.3 Å². The summed E-state index contributed by atoms with van der Waals surface area (Å²) in [5.41, 5.74) is 5.00. The molecule has 0 amide bonds. The van der Waals surface area contributed by atoms with Gasteiger partial charge in [-0.05, 0) is 41.8 Å². The van der Waals surface area contributed by atoms with Crippen molar-refractivity contribution in [3.63, 3.8) is 0 Å². The number of carbonyl (C=O) groups is 1. The van der Waals surface area contributed by atoms with E-state index >= 15 is 0 Å². The van der Waals surface area contributed by atoms with Gasteiger partial charge in [-0.3, -0.25) is 4.79 Å². The number of aromatic hydroxyl groups is 1. The van der Waals surface area contributed by atoms with Crippen molar-refractivity contribution in [2.24, 2.45) is 0 Å². The molecule has 126 valence electrons. The van der Waals surface area contributed by atoms with E-state index in [0.29, 0.717) is 11.1 Å². The van der Waals surface area contributed by atoms with E-state index in [0.717, 1.165) is 22.4 Å². The van der Waals surface area contributed by atoms with E-state index in [2.05, 4.69) is 0 Å². The number of hydrogen-bond donors (Lipinski definition) is 1. The van der Waals surface area contributed by atoms with Crippen LogP contribution in [0, 0.1) is 0 Å². The molecule has 0 saturated heterocycles. The van der Waals surface area contributed by atoms with Gasteiger partial charge in [0.2, 0.25) is 0 Å². The second-order valence-corrected chi connectivity index (χ2v) is 6.28. The normalized spacial score (nSPS) is 10.5. The third-order valence-electron chi connectivity index (χ3n) is 4.29. The number of phenolic OH excluding ortho intramolecular Hbond substituents is 1. The molecule has 3 aromatic carbocycles. The fourth-order valence-electron chi connectivity index (χ4n) is 2.91. The monoisotopic (exact) mass is 331 g/mol. The Labute approximate surface area is 148 Å². The van der Waals surface area contributed by atoms with Gasteiger partial charge in [0.25, 0.3) is 0 Å². The van der Waals surface area contributed by atoms with Crippen LogP contribution in [0.15, 0.2) is 66.7 Å². The lowest BCUT2D eigenvalue weighted by Crippen LogP contribution is -2.08. The van der Waals surface area contributed by atoms with Crippen LogP contribution in [-0.2, 0) is 0 Å². The maximum absolute atomic E-state index is 12.1. The van der Waals surface area contributed by atoms with Crippen LogP contribution in [0.25, 0.3) is 22.3 Å². The molecule has 0 heterocycles. The SMILES string of the molecule is CC(=O)c1ccc(-c2ccccc2)cc1-c1ccc(N(C)C)cc1O. The maximum atomic E-state index is 12.1. The molecule has 3 nitrogen and oxygen atoms in total. The van der Waals surface area contributed by atoms with Gasteiger partial charge in [0.1, 0.15) is 5.75 Å². The summed E-state index contributed by atoms with van der Waals surface area (Å²) in [5, 5.41) is 10.5. The molecule has 0 spiro atoms. The summed E-state index contributed by atoms with van der Waals surface area (Å²) in [6.45, 7) is 1.55. The molecule has 0 fully saturated rings. The highest BCUT2D eigenvalue weighted by molar-refractivity contribution is 6.02. The van der Waals surface area contributed by atoms with Crippen LogP contribution >= 0.6 is 0 Å². The second-order valence-electron chi connectivity index (χ2n) is 6.28. The molecule has 1 N–H and O–H groups in total. The summed E-state index contributed by atoms with van der Waals surface area (Å²) >= 11 is 0. The van der Waals surface area contributed by atoms with Gasteiger partial charge in [0.05, 0.1) is 0 Å². The van der Waals surface area contributed by atoms with Crippen molar-refractivity contribution in [3.8, 4) is 28.0 Å². The van der Waals surface area contributed by atoms with Gasteiger partial charge in [0.15, 0.2) is 5.78 Å². The Morgan fingerprint density at radius 1 is 0.840 bits per heavy atom. The lowest BCUT2D eigenvalue weighted by atomic mass is 9.92. The van der Waals surface area contributed by atoms with E-state index < -0.39 is 0 Å². The van der Waals surface area contributed by atoms with E-state index in [4.69, 9.17) is 0 Å². The number of phenols is 1. The number of ketones is 1. The molecule has 0 aliphatic carbocycles. The van der Waals surface area contributed by atoms with E-state index in [1.165, 1.54) is 0 Å². The summed E-state index contributed by atoms with van der Waals surface area (Å²) in [5.74, 6) is 0.143. The molecule has 0 unspecified atom stereocenters. The summed E-state index contributed by atoms with van der Waals surface area (Å²) in [6.07, 6.45) is 0. The smallest absolute Gasteiger partial charge is 0.160 e. The Morgan fingerprint density at radius 3 is 2.16 bits per heavy atom. The topological polar surface area (TPSA) is 40.5 Å². The molecule has 0 saturated carbocycles. The Hall–Kier alpha value is -3.07. The average molecular weight is 331 g/mol. The Morgan fingerprint density at radius 2 is 1.56 bits per heavy atom. The number of nitrogens with zero attached hydrogens (tertiary/aromatic N) is 1. The van der Waals surface area contributed by atoms with Gasteiger partial charge in [0, 0.05) is 37.0 Å². The van der Waals surface area contributed by atoms with Crippen molar-refractivity contribution < 1.29 is 9.90 Å². The van der Waals surface area contributed by atoms with Gasteiger partial charge < -0.3 is 10.0 Å². The van der Waals surface area contributed by atoms with Crippen molar-refractivity contribution in [2.45, 2.75) is 6.92 Å². The zero-order chi connectivity index (χ0) is 18.0.